The maximum atomic E-state index is 14.0. The van der Waals surface area contributed by atoms with E-state index in [2.05, 4.69) is 20.9 Å². The summed E-state index contributed by atoms with van der Waals surface area (Å²) < 4.78 is 11.6. The lowest BCUT2D eigenvalue weighted by molar-refractivity contribution is -0.173. The number of aromatic nitrogens is 2. The lowest BCUT2D eigenvalue weighted by atomic mass is 9.83. The van der Waals surface area contributed by atoms with E-state index >= 15 is 0 Å². The predicted octanol–water partition coefficient (Wildman–Crippen LogP) is 2.88. The minimum atomic E-state index is -0.916. The number of carbonyl (C=O) groups excluding carboxylic acids is 1. The number of benzene rings is 1. The maximum Gasteiger partial charge on any atom is 0.257 e. The van der Waals surface area contributed by atoms with Crippen LogP contribution in [0.1, 0.15) is 22.6 Å². The average molecular weight is 445 g/mol. The van der Waals surface area contributed by atoms with Gasteiger partial charge < -0.3 is 14.4 Å². The maximum absolute atomic E-state index is 14.0. The van der Waals surface area contributed by atoms with Crippen molar-refractivity contribution in [3.63, 3.8) is 0 Å². The summed E-state index contributed by atoms with van der Waals surface area (Å²) in [7, 11) is 1.65. The van der Waals surface area contributed by atoms with Crippen LogP contribution in [0, 0.1) is 0 Å². The molecule has 1 spiro atoms. The molecule has 4 heterocycles. The molecule has 0 bridgehead atoms. The second kappa shape index (κ2) is 9.29. The Labute approximate surface area is 194 Å². The van der Waals surface area contributed by atoms with Crippen molar-refractivity contribution in [2.75, 3.05) is 33.4 Å². The molecule has 2 saturated heterocycles. The molecule has 0 N–H and O–H groups in total. The first-order valence-electron chi connectivity index (χ1n) is 11.3. The average Bonchev–Trinajstić information content (AvgIpc) is 3.22. The number of carbonyl (C=O) groups is 1. The molecule has 5 rings (SSSR count). The summed E-state index contributed by atoms with van der Waals surface area (Å²) in [6.07, 6.45) is 7.23. The van der Waals surface area contributed by atoms with Crippen LogP contribution < -0.4 is 4.74 Å². The molecule has 2 unspecified atom stereocenters. The summed E-state index contributed by atoms with van der Waals surface area (Å²) in [6.45, 7) is 3.68. The molecule has 0 radical (unpaired) electrons. The standard InChI is InChI=1S/C26H28N4O3/c1-32-23-6-4-20(5-7-23)17-30-13-14-33-26(25(30)31)19-29(16-21-8-11-27-12-9-21)18-24(26)22-3-2-10-28-15-22/h2-12,15,24H,13-14,16-19H2,1H3. The molecule has 1 amide bonds. The molecule has 7 nitrogen and oxygen atoms in total. The van der Waals surface area contributed by atoms with E-state index in [1.807, 2.05) is 53.6 Å². The van der Waals surface area contributed by atoms with Crippen LogP contribution in [-0.4, -0.2) is 64.6 Å². The van der Waals surface area contributed by atoms with Gasteiger partial charge in [-0.25, -0.2) is 0 Å². The van der Waals surface area contributed by atoms with Gasteiger partial charge in [-0.15, -0.1) is 0 Å². The molecule has 2 aromatic heterocycles. The molecule has 170 valence electrons. The van der Waals surface area contributed by atoms with Gasteiger partial charge in [0.05, 0.1) is 13.7 Å². The zero-order chi connectivity index (χ0) is 22.7. The van der Waals surface area contributed by atoms with E-state index in [9.17, 15) is 4.79 Å². The fraction of sp³-hybridized carbons (Fsp3) is 0.346. The Morgan fingerprint density at radius 3 is 2.55 bits per heavy atom. The lowest BCUT2D eigenvalue weighted by Crippen LogP contribution is -2.59. The number of likely N-dealkylation sites (tertiary alicyclic amines) is 1. The van der Waals surface area contributed by atoms with Crippen molar-refractivity contribution in [2.24, 2.45) is 0 Å². The number of ether oxygens (including phenoxy) is 2. The number of morpholine rings is 1. The Morgan fingerprint density at radius 1 is 1.03 bits per heavy atom. The highest BCUT2D eigenvalue weighted by Gasteiger charge is 2.56. The van der Waals surface area contributed by atoms with Gasteiger partial charge in [-0.1, -0.05) is 18.2 Å². The Bertz CT molecular complexity index is 1080. The molecule has 2 aliphatic heterocycles. The number of methoxy groups -OCH3 is 1. The van der Waals surface area contributed by atoms with Crippen molar-refractivity contribution in [2.45, 2.75) is 24.6 Å². The van der Waals surface area contributed by atoms with Gasteiger partial charge >= 0.3 is 0 Å². The summed E-state index contributed by atoms with van der Waals surface area (Å²) in [5.41, 5.74) is 2.37. The van der Waals surface area contributed by atoms with Crippen LogP contribution in [0.5, 0.6) is 5.75 Å². The lowest BCUT2D eigenvalue weighted by Gasteiger charge is -2.42. The largest absolute Gasteiger partial charge is 0.497 e. The number of hydrogen-bond acceptors (Lipinski definition) is 6. The Kier molecular flexibility index (Phi) is 6.07. The van der Waals surface area contributed by atoms with E-state index < -0.39 is 5.60 Å². The third kappa shape index (κ3) is 4.34. The molecule has 2 fully saturated rings. The van der Waals surface area contributed by atoms with E-state index in [0.717, 1.165) is 30.0 Å². The van der Waals surface area contributed by atoms with E-state index in [1.54, 1.807) is 25.7 Å². The van der Waals surface area contributed by atoms with Gasteiger partial charge in [0.15, 0.2) is 5.60 Å². The van der Waals surface area contributed by atoms with Crippen molar-refractivity contribution in [1.82, 2.24) is 19.8 Å². The minimum Gasteiger partial charge on any atom is -0.497 e. The van der Waals surface area contributed by atoms with Crippen LogP contribution in [0.25, 0.3) is 0 Å². The SMILES string of the molecule is COc1ccc(CN2CCOC3(CN(Cc4ccncc4)CC3c3cccnc3)C2=O)cc1. The highest BCUT2D eigenvalue weighted by molar-refractivity contribution is 5.88. The monoisotopic (exact) mass is 444 g/mol. The fourth-order valence-corrected chi connectivity index (χ4v) is 4.97. The van der Waals surface area contributed by atoms with Gasteiger partial charge in [-0.3, -0.25) is 19.7 Å². The van der Waals surface area contributed by atoms with Gasteiger partial charge in [0.25, 0.3) is 5.91 Å². The van der Waals surface area contributed by atoms with Crippen molar-refractivity contribution < 1.29 is 14.3 Å². The van der Waals surface area contributed by atoms with Gasteiger partial charge in [-0.05, 0) is 47.0 Å². The summed E-state index contributed by atoms with van der Waals surface area (Å²) in [5, 5.41) is 0. The normalized spacial score (nSPS) is 23.2. The Morgan fingerprint density at radius 2 is 1.82 bits per heavy atom. The van der Waals surface area contributed by atoms with Gasteiger partial charge in [-0.2, -0.15) is 0 Å². The Hall–Kier alpha value is -3.29. The summed E-state index contributed by atoms with van der Waals surface area (Å²) in [5.74, 6) is 0.776. The van der Waals surface area contributed by atoms with Crippen molar-refractivity contribution in [3.05, 3.63) is 90.0 Å². The number of rotatable bonds is 6. The smallest absolute Gasteiger partial charge is 0.257 e. The highest BCUT2D eigenvalue weighted by atomic mass is 16.5. The van der Waals surface area contributed by atoms with Gasteiger partial charge in [0.2, 0.25) is 0 Å². The molecule has 2 atom stereocenters. The first kappa shape index (κ1) is 21.6. The Balaban J connectivity index is 1.42. The van der Waals surface area contributed by atoms with E-state index in [1.165, 1.54) is 5.56 Å². The quantitative estimate of drug-likeness (QED) is 0.583. The first-order chi connectivity index (χ1) is 16.2. The van der Waals surface area contributed by atoms with Crippen LogP contribution in [0.15, 0.2) is 73.3 Å². The highest BCUT2D eigenvalue weighted by Crippen LogP contribution is 2.42. The molecule has 0 saturated carbocycles. The van der Waals surface area contributed by atoms with Crippen LogP contribution in [0.3, 0.4) is 0 Å². The van der Waals surface area contributed by atoms with Crippen LogP contribution in [-0.2, 0) is 22.6 Å². The first-order valence-corrected chi connectivity index (χ1v) is 11.3. The third-order valence-electron chi connectivity index (χ3n) is 6.61. The zero-order valence-electron chi connectivity index (χ0n) is 18.8. The van der Waals surface area contributed by atoms with E-state index in [4.69, 9.17) is 9.47 Å². The number of amides is 1. The van der Waals surface area contributed by atoms with E-state index in [-0.39, 0.29) is 11.8 Å². The third-order valence-corrected chi connectivity index (χ3v) is 6.61. The second-order valence-electron chi connectivity index (χ2n) is 8.68. The predicted molar refractivity (Wildman–Crippen MR) is 124 cm³/mol. The van der Waals surface area contributed by atoms with Crippen LogP contribution in [0.4, 0.5) is 0 Å². The van der Waals surface area contributed by atoms with Crippen LogP contribution >= 0.6 is 0 Å². The number of hydrogen-bond donors (Lipinski definition) is 0. The molecule has 7 heteroatoms. The van der Waals surface area contributed by atoms with Gasteiger partial charge in [0.1, 0.15) is 5.75 Å². The molecular formula is C26H28N4O3. The molecule has 1 aromatic carbocycles. The van der Waals surface area contributed by atoms with Crippen molar-refractivity contribution in [3.8, 4) is 5.75 Å². The molecular weight excluding hydrogens is 416 g/mol. The summed E-state index contributed by atoms with van der Waals surface area (Å²) >= 11 is 0. The van der Waals surface area contributed by atoms with Gasteiger partial charge in [0, 0.05) is 63.4 Å². The summed E-state index contributed by atoms with van der Waals surface area (Å²) in [4.78, 5) is 26.7. The van der Waals surface area contributed by atoms with Crippen LogP contribution in [0.2, 0.25) is 0 Å². The number of nitrogens with zero attached hydrogens (tertiary/aromatic N) is 4. The molecule has 0 aliphatic carbocycles. The second-order valence-corrected chi connectivity index (χ2v) is 8.68. The van der Waals surface area contributed by atoms with Crippen molar-refractivity contribution >= 4 is 5.91 Å². The number of pyridine rings is 2. The minimum absolute atomic E-state index is 0.0515. The summed E-state index contributed by atoms with van der Waals surface area (Å²) in [6, 6.07) is 15.9. The zero-order valence-corrected chi connectivity index (χ0v) is 18.8. The van der Waals surface area contributed by atoms with E-state index in [0.29, 0.717) is 26.2 Å². The van der Waals surface area contributed by atoms with Crippen molar-refractivity contribution in [1.29, 1.82) is 0 Å². The molecule has 2 aliphatic rings. The topological polar surface area (TPSA) is 67.8 Å². The fourth-order valence-electron chi connectivity index (χ4n) is 4.97. The molecule has 3 aromatic rings. The molecule has 33 heavy (non-hydrogen) atoms.